The van der Waals surface area contributed by atoms with Gasteiger partial charge in [-0.1, -0.05) is 11.6 Å². The van der Waals surface area contributed by atoms with Crippen LogP contribution in [0.4, 0.5) is 0 Å². The number of hydrogen-bond acceptors (Lipinski definition) is 2. The molecule has 0 aliphatic carbocycles. The van der Waals surface area contributed by atoms with Crippen LogP contribution in [-0.4, -0.2) is 14.1 Å². The van der Waals surface area contributed by atoms with Crippen molar-refractivity contribution in [2.45, 2.75) is 6.54 Å². The van der Waals surface area contributed by atoms with Crippen LogP contribution < -0.4 is 5.56 Å². The van der Waals surface area contributed by atoms with E-state index in [-0.39, 0.29) is 5.56 Å². The van der Waals surface area contributed by atoms with Crippen LogP contribution in [0.2, 0.25) is 5.15 Å². The van der Waals surface area contributed by atoms with Gasteiger partial charge in [-0.3, -0.25) is 4.79 Å². The van der Waals surface area contributed by atoms with E-state index in [0.717, 1.165) is 10.9 Å². The summed E-state index contributed by atoms with van der Waals surface area (Å²) in [6, 6.07) is 7.50. The summed E-state index contributed by atoms with van der Waals surface area (Å²) in [5.74, 6) is 0. The van der Waals surface area contributed by atoms with Crippen molar-refractivity contribution in [2.75, 3.05) is 0 Å². The first kappa shape index (κ1) is 12.0. The average Bonchev–Trinajstić information content (AvgIpc) is 2.75. The van der Waals surface area contributed by atoms with Crippen molar-refractivity contribution in [3.63, 3.8) is 0 Å². The average molecular weight is 274 g/mol. The van der Waals surface area contributed by atoms with Gasteiger partial charge in [0.2, 0.25) is 0 Å². The van der Waals surface area contributed by atoms with E-state index in [9.17, 15) is 4.79 Å². The van der Waals surface area contributed by atoms with Crippen molar-refractivity contribution in [1.82, 2.24) is 14.1 Å². The fraction of sp³-hybridized carbons (Fsp3) is 0.143. The maximum absolute atomic E-state index is 12.4. The Balaban J connectivity index is 2.08. The molecule has 3 aromatic rings. The Hall–Kier alpha value is -2.07. The molecule has 0 aliphatic rings. The molecule has 3 aromatic heterocycles. The molecule has 3 heterocycles. The van der Waals surface area contributed by atoms with Crippen LogP contribution in [0.1, 0.15) is 5.56 Å². The zero-order valence-corrected chi connectivity index (χ0v) is 11.1. The molecular formula is C14H12ClN3O. The van der Waals surface area contributed by atoms with Gasteiger partial charge in [0.1, 0.15) is 10.7 Å². The first-order valence-electron chi connectivity index (χ1n) is 5.90. The number of halogens is 1. The highest BCUT2D eigenvalue weighted by Crippen LogP contribution is 2.11. The summed E-state index contributed by atoms with van der Waals surface area (Å²) in [5.41, 5.74) is 1.66. The van der Waals surface area contributed by atoms with Crippen LogP contribution in [0, 0.1) is 0 Å². The molecule has 0 saturated carbocycles. The van der Waals surface area contributed by atoms with Crippen LogP contribution in [0.3, 0.4) is 0 Å². The second-order valence-corrected chi connectivity index (χ2v) is 4.85. The van der Waals surface area contributed by atoms with Crippen molar-refractivity contribution >= 4 is 22.5 Å². The highest BCUT2D eigenvalue weighted by atomic mass is 35.5. The standard InChI is InChI=1S/C14H12ClN3O/c1-17-6-3-11-4-7-18(14(19)13(11)17)9-10-2-5-16-12(15)8-10/h2-8H,9H2,1H3. The molecule has 0 aliphatic heterocycles. The lowest BCUT2D eigenvalue weighted by molar-refractivity contribution is 0.759. The van der Waals surface area contributed by atoms with Gasteiger partial charge in [0, 0.05) is 31.0 Å². The molecule has 0 atom stereocenters. The van der Waals surface area contributed by atoms with Crippen LogP contribution in [0.25, 0.3) is 10.9 Å². The van der Waals surface area contributed by atoms with Gasteiger partial charge in [0.15, 0.2) is 0 Å². The number of nitrogens with zero attached hydrogens (tertiary/aromatic N) is 3. The van der Waals surface area contributed by atoms with E-state index in [1.807, 2.05) is 36.0 Å². The summed E-state index contributed by atoms with van der Waals surface area (Å²) in [6.07, 6.45) is 5.34. The van der Waals surface area contributed by atoms with Crippen molar-refractivity contribution < 1.29 is 0 Å². The van der Waals surface area contributed by atoms with Crippen LogP contribution in [-0.2, 0) is 13.6 Å². The zero-order valence-electron chi connectivity index (χ0n) is 10.4. The fourth-order valence-corrected chi connectivity index (χ4v) is 2.39. The van der Waals surface area contributed by atoms with Crippen molar-refractivity contribution in [3.05, 3.63) is 63.9 Å². The van der Waals surface area contributed by atoms with Gasteiger partial charge in [0.25, 0.3) is 5.56 Å². The minimum atomic E-state index is -0.00191. The Morgan fingerprint density at radius 2 is 2.05 bits per heavy atom. The van der Waals surface area contributed by atoms with Gasteiger partial charge in [-0.15, -0.1) is 0 Å². The van der Waals surface area contributed by atoms with E-state index >= 15 is 0 Å². The maximum atomic E-state index is 12.4. The second kappa shape index (κ2) is 4.55. The van der Waals surface area contributed by atoms with E-state index in [1.54, 1.807) is 23.0 Å². The molecule has 0 bridgehead atoms. The first-order valence-corrected chi connectivity index (χ1v) is 6.28. The lowest BCUT2D eigenvalue weighted by atomic mass is 10.2. The lowest BCUT2D eigenvalue weighted by Crippen LogP contribution is -2.21. The molecule has 5 heteroatoms. The monoisotopic (exact) mass is 273 g/mol. The van der Waals surface area contributed by atoms with E-state index in [1.165, 1.54) is 0 Å². The van der Waals surface area contributed by atoms with Crippen LogP contribution in [0.15, 0.2) is 47.7 Å². The van der Waals surface area contributed by atoms with Gasteiger partial charge in [-0.25, -0.2) is 4.98 Å². The minimum Gasteiger partial charge on any atom is -0.346 e. The van der Waals surface area contributed by atoms with Gasteiger partial charge >= 0.3 is 0 Å². The van der Waals surface area contributed by atoms with Gasteiger partial charge < -0.3 is 9.13 Å². The third kappa shape index (κ3) is 2.15. The van der Waals surface area contributed by atoms with Crippen LogP contribution in [0.5, 0.6) is 0 Å². The zero-order chi connectivity index (χ0) is 13.4. The Morgan fingerprint density at radius 1 is 1.26 bits per heavy atom. The van der Waals surface area contributed by atoms with Crippen molar-refractivity contribution in [1.29, 1.82) is 0 Å². The van der Waals surface area contributed by atoms with Crippen molar-refractivity contribution in [3.8, 4) is 0 Å². The number of fused-ring (bicyclic) bond motifs is 1. The fourth-order valence-electron chi connectivity index (χ4n) is 2.19. The molecule has 0 saturated heterocycles. The molecular weight excluding hydrogens is 262 g/mol. The predicted molar refractivity (Wildman–Crippen MR) is 75.5 cm³/mol. The third-order valence-electron chi connectivity index (χ3n) is 3.15. The largest absolute Gasteiger partial charge is 0.346 e. The van der Waals surface area contributed by atoms with Gasteiger partial charge in [0.05, 0.1) is 6.54 Å². The summed E-state index contributed by atoms with van der Waals surface area (Å²) < 4.78 is 3.52. The van der Waals surface area contributed by atoms with E-state index in [4.69, 9.17) is 11.6 Å². The smallest absolute Gasteiger partial charge is 0.275 e. The molecule has 0 aromatic carbocycles. The molecule has 96 valence electrons. The molecule has 0 spiro atoms. The van der Waals surface area contributed by atoms with Crippen LogP contribution >= 0.6 is 11.6 Å². The van der Waals surface area contributed by atoms with E-state index in [2.05, 4.69) is 4.98 Å². The molecule has 0 N–H and O–H groups in total. The topological polar surface area (TPSA) is 39.8 Å². The summed E-state index contributed by atoms with van der Waals surface area (Å²) in [7, 11) is 1.87. The Morgan fingerprint density at radius 3 is 2.84 bits per heavy atom. The molecule has 0 radical (unpaired) electrons. The SMILES string of the molecule is Cn1ccc2ccn(Cc3ccnc(Cl)c3)c(=O)c21. The van der Waals surface area contributed by atoms with Crippen molar-refractivity contribution in [2.24, 2.45) is 7.05 Å². The number of aryl methyl sites for hydroxylation is 1. The number of rotatable bonds is 2. The number of hydrogen-bond donors (Lipinski definition) is 0. The summed E-state index contributed by atoms with van der Waals surface area (Å²) in [6.45, 7) is 0.488. The molecule has 0 amide bonds. The van der Waals surface area contributed by atoms with Gasteiger partial charge in [-0.2, -0.15) is 0 Å². The summed E-state index contributed by atoms with van der Waals surface area (Å²) >= 11 is 5.85. The van der Waals surface area contributed by atoms with Gasteiger partial charge in [-0.05, 0) is 29.8 Å². The Bertz CT molecular complexity index is 804. The Kier molecular flexibility index (Phi) is 2.87. The predicted octanol–water partition coefficient (Wildman–Crippen LogP) is 2.44. The molecule has 0 fully saturated rings. The number of pyridine rings is 2. The van der Waals surface area contributed by atoms with E-state index in [0.29, 0.717) is 17.2 Å². The highest BCUT2D eigenvalue weighted by Gasteiger charge is 2.06. The third-order valence-corrected chi connectivity index (χ3v) is 3.35. The molecule has 4 nitrogen and oxygen atoms in total. The van der Waals surface area contributed by atoms with E-state index < -0.39 is 0 Å². The second-order valence-electron chi connectivity index (χ2n) is 4.47. The molecule has 3 rings (SSSR count). The highest BCUT2D eigenvalue weighted by molar-refractivity contribution is 6.29. The number of aromatic nitrogens is 3. The Labute approximate surface area is 114 Å². The molecule has 0 unspecified atom stereocenters. The minimum absolute atomic E-state index is 0.00191. The summed E-state index contributed by atoms with van der Waals surface area (Å²) in [4.78, 5) is 16.3. The first-order chi connectivity index (χ1) is 9.15. The summed E-state index contributed by atoms with van der Waals surface area (Å²) in [5, 5.41) is 1.39. The normalized spacial score (nSPS) is 11.1. The maximum Gasteiger partial charge on any atom is 0.275 e. The quantitative estimate of drug-likeness (QED) is 0.673. The molecule has 19 heavy (non-hydrogen) atoms. The lowest BCUT2D eigenvalue weighted by Gasteiger charge is -2.07.